The molecule has 0 heterocycles. The van der Waals surface area contributed by atoms with E-state index in [0.29, 0.717) is 17.9 Å². The van der Waals surface area contributed by atoms with Gasteiger partial charge in [-0.15, -0.1) is 0 Å². The Hall–Kier alpha value is -1.59. The summed E-state index contributed by atoms with van der Waals surface area (Å²) in [5.74, 6) is 0.128. The molecule has 9 nitrogen and oxygen atoms in total. The predicted molar refractivity (Wildman–Crippen MR) is 96.5 cm³/mol. The van der Waals surface area contributed by atoms with Crippen LogP contribution in [0.2, 0.25) is 0 Å². The van der Waals surface area contributed by atoms with E-state index in [1.807, 2.05) is 0 Å². The first-order valence-electron chi connectivity index (χ1n) is 8.61. The summed E-state index contributed by atoms with van der Waals surface area (Å²) in [5.41, 5.74) is -1.08. The van der Waals surface area contributed by atoms with Gasteiger partial charge in [0.25, 0.3) is 0 Å². The lowest BCUT2D eigenvalue weighted by molar-refractivity contribution is -0.114. The van der Waals surface area contributed by atoms with E-state index >= 15 is 0 Å². The molecule has 0 aromatic heterocycles. The van der Waals surface area contributed by atoms with E-state index in [9.17, 15) is 30.3 Å². The maximum absolute atomic E-state index is 11.9. The van der Waals surface area contributed by atoms with Crippen LogP contribution in [0.4, 0.5) is 0 Å². The van der Waals surface area contributed by atoms with Gasteiger partial charge in [-0.1, -0.05) is 0 Å². The number of hydrogen-bond acceptors (Lipinski definition) is 9. The molecule has 154 valence electrons. The van der Waals surface area contributed by atoms with Crippen molar-refractivity contribution >= 4 is 5.78 Å². The van der Waals surface area contributed by atoms with E-state index in [2.05, 4.69) is 5.32 Å². The van der Waals surface area contributed by atoms with Crippen LogP contribution in [0.15, 0.2) is 24.3 Å². The standard InChI is InChI=1S/C18H29NO8/c1-18(2,26)17(25)11-3-5-12(6-4-11)27-8-7-19-9-13(21)15(23)16(24)14(22)10-20/h3-6,13-16,19-24,26H,7-10H2,1-2H3. The van der Waals surface area contributed by atoms with Crippen molar-refractivity contribution < 1.29 is 40.2 Å². The summed E-state index contributed by atoms with van der Waals surface area (Å²) < 4.78 is 5.47. The zero-order chi connectivity index (χ0) is 20.6. The van der Waals surface area contributed by atoms with Gasteiger partial charge >= 0.3 is 0 Å². The maximum Gasteiger partial charge on any atom is 0.193 e. The first-order chi connectivity index (χ1) is 12.6. The summed E-state index contributed by atoms with van der Waals surface area (Å²) in [7, 11) is 0. The lowest BCUT2D eigenvalue weighted by atomic mass is 9.97. The highest BCUT2D eigenvalue weighted by atomic mass is 16.5. The largest absolute Gasteiger partial charge is 0.492 e. The summed E-state index contributed by atoms with van der Waals surface area (Å²) in [4.78, 5) is 11.9. The number of hydrogen-bond donors (Lipinski definition) is 7. The third kappa shape index (κ3) is 7.51. The van der Waals surface area contributed by atoms with Crippen LogP contribution >= 0.6 is 0 Å². The predicted octanol–water partition coefficient (Wildman–Crippen LogP) is -1.96. The Morgan fingerprint density at radius 1 is 1.07 bits per heavy atom. The molecule has 9 heteroatoms. The van der Waals surface area contributed by atoms with Crippen LogP contribution in [0.25, 0.3) is 0 Å². The van der Waals surface area contributed by atoms with Crippen molar-refractivity contribution in [1.82, 2.24) is 5.32 Å². The van der Waals surface area contributed by atoms with E-state index in [-0.39, 0.29) is 13.2 Å². The van der Waals surface area contributed by atoms with Gasteiger partial charge in [-0.05, 0) is 38.1 Å². The molecular weight excluding hydrogens is 358 g/mol. The second kappa shape index (κ2) is 10.7. The van der Waals surface area contributed by atoms with Crippen molar-refractivity contribution in [2.75, 3.05) is 26.3 Å². The fraction of sp³-hybridized carbons (Fsp3) is 0.611. The lowest BCUT2D eigenvalue weighted by Gasteiger charge is -2.25. The average Bonchev–Trinajstić information content (AvgIpc) is 2.64. The zero-order valence-corrected chi connectivity index (χ0v) is 15.4. The Kier molecular flexibility index (Phi) is 9.27. The molecule has 0 amide bonds. The summed E-state index contributed by atoms with van der Waals surface area (Å²) in [6.07, 6.45) is -6.15. The zero-order valence-electron chi connectivity index (χ0n) is 15.4. The topological polar surface area (TPSA) is 160 Å². The molecule has 0 fully saturated rings. The molecule has 0 saturated carbocycles. The van der Waals surface area contributed by atoms with Gasteiger partial charge in [-0.25, -0.2) is 0 Å². The minimum Gasteiger partial charge on any atom is -0.492 e. The molecule has 7 N–H and O–H groups in total. The molecule has 27 heavy (non-hydrogen) atoms. The molecular formula is C18H29NO8. The van der Waals surface area contributed by atoms with Crippen LogP contribution < -0.4 is 10.1 Å². The van der Waals surface area contributed by atoms with Crippen LogP contribution in [0.1, 0.15) is 24.2 Å². The van der Waals surface area contributed by atoms with Crippen LogP contribution in [-0.2, 0) is 0 Å². The van der Waals surface area contributed by atoms with Crippen LogP contribution in [0.5, 0.6) is 5.75 Å². The Labute approximate surface area is 157 Å². The van der Waals surface area contributed by atoms with Crippen molar-refractivity contribution in [3.05, 3.63) is 29.8 Å². The molecule has 4 unspecified atom stereocenters. The van der Waals surface area contributed by atoms with Gasteiger partial charge in [0.2, 0.25) is 0 Å². The van der Waals surface area contributed by atoms with Crippen molar-refractivity contribution in [1.29, 1.82) is 0 Å². The molecule has 0 bridgehead atoms. The number of carbonyl (C=O) groups is 1. The number of Topliss-reactive ketones (excluding diaryl/α,β-unsaturated/α-hetero) is 1. The minimum atomic E-state index is -1.66. The first-order valence-corrected chi connectivity index (χ1v) is 8.61. The van der Waals surface area contributed by atoms with E-state index < -0.39 is 42.4 Å². The number of rotatable bonds is 12. The van der Waals surface area contributed by atoms with Crippen LogP contribution in [-0.4, -0.2) is 92.7 Å². The van der Waals surface area contributed by atoms with E-state index in [4.69, 9.17) is 9.84 Å². The smallest absolute Gasteiger partial charge is 0.193 e. The molecule has 1 aromatic rings. The van der Waals surface area contributed by atoms with E-state index in [1.54, 1.807) is 24.3 Å². The summed E-state index contributed by atoms with van der Waals surface area (Å²) >= 11 is 0. The number of nitrogens with one attached hydrogen (secondary N) is 1. The SMILES string of the molecule is CC(C)(O)C(=O)c1ccc(OCCNCC(O)C(O)C(O)C(O)CO)cc1. The Balaban J connectivity index is 2.33. The van der Waals surface area contributed by atoms with Gasteiger partial charge in [0.1, 0.15) is 36.3 Å². The van der Waals surface area contributed by atoms with Crippen molar-refractivity contribution in [3.63, 3.8) is 0 Å². The number of benzene rings is 1. The van der Waals surface area contributed by atoms with Crippen molar-refractivity contribution in [3.8, 4) is 5.75 Å². The molecule has 1 rings (SSSR count). The maximum atomic E-state index is 11.9. The number of carbonyl (C=O) groups excluding carboxylic acids is 1. The highest BCUT2D eigenvalue weighted by Crippen LogP contribution is 2.17. The number of aliphatic hydroxyl groups excluding tert-OH is 5. The number of ketones is 1. The third-order valence-corrected chi connectivity index (χ3v) is 3.90. The van der Waals surface area contributed by atoms with Gasteiger partial charge in [-0.3, -0.25) is 4.79 Å². The highest BCUT2D eigenvalue weighted by molar-refractivity contribution is 6.01. The second-order valence-corrected chi connectivity index (χ2v) is 6.76. The van der Waals surface area contributed by atoms with Gasteiger partial charge in [-0.2, -0.15) is 0 Å². The second-order valence-electron chi connectivity index (χ2n) is 6.76. The molecule has 0 aliphatic carbocycles. The first kappa shape index (κ1) is 23.4. The van der Waals surface area contributed by atoms with Gasteiger partial charge in [0, 0.05) is 18.7 Å². The molecule has 1 aromatic carbocycles. The van der Waals surface area contributed by atoms with Gasteiger partial charge in [0.05, 0.1) is 12.7 Å². The monoisotopic (exact) mass is 387 g/mol. The fourth-order valence-electron chi connectivity index (χ4n) is 2.23. The normalized spacial score (nSPS) is 16.4. The molecule has 4 atom stereocenters. The van der Waals surface area contributed by atoms with Gasteiger partial charge < -0.3 is 40.7 Å². The van der Waals surface area contributed by atoms with Gasteiger partial charge in [0.15, 0.2) is 5.78 Å². The third-order valence-electron chi connectivity index (χ3n) is 3.90. The molecule has 0 saturated heterocycles. The minimum absolute atomic E-state index is 0.0568. The Bertz CT molecular complexity index is 572. The van der Waals surface area contributed by atoms with Crippen molar-refractivity contribution in [2.24, 2.45) is 0 Å². The molecule has 0 aliphatic rings. The van der Waals surface area contributed by atoms with Crippen LogP contribution in [0.3, 0.4) is 0 Å². The molecule has 0 spiro atoms. The summed E-state index contributed by atoms with van der Waals surface area (Å²) in [5, 5.41) is 59.4. The Morgan fingerprint density at radius 2 is 1.63 bits per heavy atom. The van der Waals surface area contributed by atoms with E-state index in [0.717, 1.165) is 0 Å². The number of ether oxygens (including phenoxy) is 1. The summed E-state index contributed by atoms with van der Waals surface area (Å²) in [6.45, 7) is 2.61. The summed E-state index contributed by atoms with van der Waals surface area (Å²) in [6, 6.07) is 6.31. The van der Waals surface area contributed by atoms with Crippen LogP contribution in [0, 0.1) is 0 Å². The lowest BCUT2D eigenvalue weighted by Crippen LogP contribution is -2.49. The average molecular weight is 387 g/mol. The van der Waals surface area contributed by atoms with E-state index in [1.165, 1.54) is 13.8 Å². The Morgan fingerprint density at radius 3 is 2.15 bits per heavy atom. The van der Waals surface area contributed by atoms with Crippen molar-refractivity contribution in [2.45, 2.75) is 43.9 Å². The molecule has 0 radical (unpaired) electrons. The highest BCUT2D eigenvalue weighted by Gasteiger charge is 2.29. The number of aliphatic hydroxyl groups is 6. The fourth-order valence-corrected chi connectivity index (χ4v) is 2.23. The molecule has 0 aliphatic heterocycles. The quantitative estimate of drug-likeness (QED) is 0.160.